The van der Waals surface area contributed by atoms with E-state index in [0.29, 0.717) is 38.0 Å². The standard InChI is InChI=1S/C26H43N5O5S/c1-17(2)15-21(30-23(32)19(28)11-7-8-13-27)25(34)29-20(12-14-37-3)24(33)31-22(26(35)36)16-18-9-5-4-6-10-18/h4-6,9-10,17,19-22H,7-8,11-16,27-28H2,1-3H3,(H,29,34)(H,30,32)(H,31,33)(H,35,36). The molecule has 1 rings (SSSR count). The van der Waals surface area contributed by atoms with Crippen molar-refractivity contribution in [3.63, 3.8) is 0 Å². The van der Waals surface area contributed by atoms with Crippen molar-refractivity contribution in [2.45, 2.75) is 76.5 Å². The molecule has 8 N–H and O–H groups in total. The van der Waals surface area contributed by atoms with Gasteiger partial charge < -0.3 is 32.5 Å². The van der Waals surface area contributed by atoms with Crippen LogP contribution in [0.25, 0.3) is 0 Å². The lowest BCUT2D eigenvalue weighted by Gasteiger charge is -2.26. The van der Waals surface area contributed by atoms with Crippen molar-refractivity contribution in [2.75, 3.05) is 18.6 Å². The maximum Gasteiger partial charge on any atom is 0.326 e. The van der Waals surface area contributed by atoms with Gasteiger partial charge in [0, 0.05) is 6.42 Å². The van der Waals surface area contributed by atoms with E-state index in [2.05, 4.69) is 16.0 Å². The summed E-state index contributed by atoms with van der Waals surface area (Å²) in [7, 11) is 0. The van der Waals surface area contributed by atoms with Crippen molar-refractivity contribution in [3.8, 4) is 0 Å². The normalized spacial score (nSPS) is 14.3. The molecule has 0 aliphatic rings. The van der Waals surface area contributed by atoms with Gasteiger partial charge in [-0.3, -0.25) is 14.4 Å². The van der Waals surface area contributed by atoms with Crippen LogP contribution in [0, 0.1) is 5.92 Å². The molecule has 0 aliphatic heterocycles. The fourth-order valence-corrected chi connectivity index (χ4v) is 4.19. The van der Waals surface area contributed by atoms with Crippen LogP contribution in [0.4, 0.5) is 0 Å². The van der Waals surface area contributed by atoms with Crippen molar-refractivity contribution in [2.24, 2.45) is 17.4 Å². The summed E-state index contributed by atoms with van der Waals surface area (Å²) in [5, 5.41) is 17.7. The number of unbranched alkanes of at least 4 members (excludes halogenated alkanes) is 1. The van der Waals surface area contributed by atoms with Crippen LogP contribution in [0.5, 0.6) is 0 Å². The minimum atomic E-state index is -1.17. The highest BCUT2D eigenvalue weighted by Gasteiger charge is 2.30. The predicted octanol–water partition coefficient (Wildman–Crippen LogP) is 1.02. The summed E-state index contributed by atoms with van der Waals surface area (Å²) in [5.74, 6) is -2.03. The third kappa shape index (κ3) is 12.9. The molecular weight excluding hydrogens is 494 g/mol. The molecule has 11 heteroatoms. The molecule has 0 aromatic heterocycles. The van der Waals surface area contributed by atoms with E-state index in [0.717, 1.165) is 12.0 Å². The van der Waals surface area contributed by atoms with E-state index in [4.69, 9.17) is 11.5 Å². The van der Waals surface area contributed by atoms with Crippen LogP contribution in [0.3, 0.4) is 0 Å². The Morgan fingerprint density at radius 1 is 0.892 bits per heavy atom. The lowest BCUT2D eigenvalue weighted by atomic mass is 10.0. The summed E-state index contributed by atoms with van der Waals surface area (Å²) in [6.07, 6.45) is 4.56. The Kier molecular flexibility index (Phi) is 15.6. The number of benzene rings is 1. The molecule has 0 saturated heterocycles. The molecule has 1 aromatic carbocycles. The van der Waals surface area contributed by atoms with Gasteiger partial charge in [0.15, 0.2) is 0 Å². The van der Waals surface area contributed by atoms with Crippen molar-refractivity contribution >= 4 is 35.5 Å². The number of carbonyl (C=O) groups excluding carboxylic acids is 3. The van der Waals surface area contributed by atoms with E-state index in [1.807, 2.05) is 26.2 Å². The van der Waals surface area contributed by atoms with Crippen LogP contribution in [-0.2, 0) is 25.6 Å². The Hall–Kier alpha value is -2.63. The second-order valence-corrected chi connectivity index (χ2v) is 10.5. The Labute approximate surface area is 224 Å². The molecule has 10 nitrogen and oxygen atoms in total. The number of nitrogens with two attached hydrogens (primary N) is 2. The van der Waals surface area contributed by atoms with Gasteiger partial charge in [0.25, 0.3) is 0 Å². The SMILES string of the molecule is CSCCC(NC(=O)C(CC(C)C)NC(=O)C(N)CCCCN)C(=O)NC(Cc1ccccc1)C(=O)O. The first-order valence-electron chi connectivity index (χ1n) is 12.7. The summed E-state index contributed by atoms with van der Waals surface area (Å²) in [4.78, 5) is 50.8. The molecule has 37 heavy (non-hydrogen) atoms. The van der Waals surface area contributed by atoms with Crippen molar-refractivity contribution in [3.05, 3.63) is 35.9 Å². The highest BCUT2D eigenvalue weighted by atomic mass is 32.2. The molecule has 0 saturated carbocycles. The third-order valence-electron chi connectivity index (χ3n) is 5.79. The number of amides is 3. The minimum Gasteiger partial charge on any atom is -0.480 e. The molecule has 208 valence electrons. The number of aliphatic carboxylic acids is 1. The Balaban J connectivity index is 2.93. The molecule has 0 spiro atoms. The van der Waals surface area contributed by atoms with Crippen molar-refractivity contribution < 1.29 is 24.3 Å². The average molecular weight is 538 g/mol. The second kappa shape index (κ2) is 17.8. The molecular formula is C26H43N5O5S. The van der Waals surface area contributed by atoms with Gasteiger partial charge in [-0.25, -0.2) is 4.79 Å². The Bertz CT molecular complexity index is 855. The van der Waals surface area contributed by atoms with Crippen LogP contribution in [0.1, 0.15) is 51.5 Å². The van der Waals surface area contributed by atoms with Crippen LogP contribution >= 0.6 is 11.8 Å². The first-order valence-corrected chi connectivity index (χ1v) is 14.1. The van der Waals surface area contributed by atoms with Crippen LogP contribution in [0.15, 0.2) is 30.3 Å². The van der Waals surface area contributed by atoms with Gasteiger partial charge in [0.1, 0.15) is 18.1 Å². The van der Waals surface area contributed by atoms with E-state index in [9.17, 15) is 24.3 Å². The maximum atomic E-state index is 13.2. The van der Waals surface area contributed by atoms with Gasteiger partial charge in [0.05, 0.1) is 6.04 Å². The van der Waals surface area contributed by atoms with Crippen molar-refractivity contribution in [1.29, 1.82) is 0 Å². The zero-order valence-electron chi connectivity index (χ0n) is 22.1. The van der Waals surface area contributed by atoms with Crippen LogP contribution in [-0.4, -0.2) is 71.5 Å². The summed E-state index contributed by atoms with van der Waals surface area (Å²) in [6, 6.07) is 5.24. The summed E-state index contributed by atoms with van der Waals surface area (Å²) in [6.45, 7) is 4.36. The van der Waals surface area contributed by atoms with Gasteiger partial charge in [-0.1, -0.05) is 50.6 Å². The number of nitrogens with one attached hydrogen (secondary N) is 3. The fourth-order valence-electron chi connectivity index (χ4n) is 3.72. The molecule has 0 radical (unpaired) electrons. The van der Waals surface area contributed by atoms with Gasteiger partial charge >= 0.3 is 5.97 Å². The highest BCUT2D eigenvalue weighted by Crippen LogP contribution is 2.10. The summed E-state index contributed by atoms with van der Waals surface area (Å²) in [5.41, 5.74) is 12.3. The second-order valence-electron chi connectivity index (χ2n) is 9.51. The topological polar surface area (TPSA) is 177 Å². The van der Waals surface area contributed by atoms with E-state index in [1.165, 1.54) is 11.8 Å². The van der Waals surface area contributed by atoms with Gasteiger partial charge in [0.2, 0.25) is 17.7 Å². The molecule has 4 unspecified atom stereocenters. The van der Waals surface area contributed by atoms with E-state index < -0.39 is 47.9 Å². The third-order valence-corrected chi connectivity index (χ3v) is 6.43. The monoisotopic (exact) mass is 537 g/mol. The Morgan fingerprint density at radius 2 is 1.49 bits per heavy atom. The first-order chi connectivity index (χ1) is 17.6. The van der Waals surface area contributed by atoms with E-state index in [1.54, 1.807) is 24.3 Å². The minimum absolute atomic E-state index is 0.0882. The fraction of sp³-hybridized carbons (Fsp3) is 0.615. The van der Waals surface area contributed by atoms with Crippen molar-refractivity contribution in [1.82, 2.24) is 16.0 Å². The summed E-state index contributed by atoms with van der Waals surface area (Å²) >= 11 is 1.50. The number of rotatable bonds is 18. The number of thioether (sulfide) groups is 1. The van der Waals surface area contributed by atoms with Gasteiger partial charge in [-0.2, -0.15) is 11.8 Å². The highest BCUT2D eigenvalue weighted by molar-refractivity contribution is 7.98. The van der Waals surface area contributed by atoms with Gasteiger partial charge in [-0.15, -0.1) is 0 Å². The maximum absolute atomic E-state index is 13.2. The molecule has 3 amide bonds. The number of carboxylic acid groups (broad SMARTS) is 1. The predicted molar refractivity (Wildman–Crippen MR) is 147 cm³/mol. The zero-order valence-corrected chi connectivity index (χ0v) is 22.9. The van der Waals surface area contributed by atoms with Crippen LogP contribution < -0.4 is 27.4 Å². The number of hydrogen-bond acceptors (Lipinski definition) is 7. The number of carboxylic acids is 1. The van der Waals surface area contributed by atoms with E-state index in [-0.39, 0.29) is 12.3 Å². The number of carbonyl (C=O) groups is 4. The lowest BCUT2D eigenvalue weighted by Crippen LogP contribution is -2.57. The average Bonchev–Trinajstić information content (AvgIpc) is 2.85. The Morgan fingerprint density at radius 3 is 2.05 bits per heavy atom. The largest absolute Gasteiger partial charge is 0.480 e. The number of hydrogen-bond donors (Lipinski definition) is 6. The van der Waals surface area contributed by atoms with Crippen LogP contribution in [0.2, 0.25) is 0 Å². The molecule has 0 aliphatic carbocycles. The first kappa shape index (κ1) is 32.4. The molecule has 0 bridgehead atoms. The molecule has 0 fully saturated rings. The van der Waals surface area contributed by atoms with E-state index >= 15 is 0 Å². The lowest BCUT2D eigenvalue weighted by molar-refractivity contribution is -0.142. The quantitative estimate of drug-likeness (QED) is 0.150. The smallest absolute Gasteiger partial charge is 0.326 e. The molecule has 0 heterocycles. The summed E-state index contributed by atoms with van der Waals surface area (Å²) < 4.78 is 0. The molecule has 4 atom stereocenters. The molecule has 1 aromatic rings. The zero-order chi connectivity index (χ0) is 27.8. The van der Waals surface area contributed by atoms with Gasteiger partial charge in [-0.05, 0) is 55.7 Å².